The zero-order valence-electron chi connectivity index (χ0n) is 12.7. The lowest BCUT2D eigenvalue weighted by Crippen LogP contribution is -2.18. The van der Waals surface area contributed by atoms with Gasteiger partial charge in [-0.25, -0.2) is 9.59 Å². The Hall–Kier alpha value is -2.41. The van der Waals surface area contributed by atoms with Crippen LogP contribution in [0.5, 0.6) is 0 Å². The van der Waals surface area contributed by atoms with Gasteiger partial charge in [0.25, 0.3) is 0 Å². The van der Waals surface area contributed by atoms with Gasteiger partial charge in [-0.3, -0.25) is 4.79 Å². The summed E-state index contributed by atoms with van der Waals surface area (Å²) in [5.74, 6) is -1.49. The molecule has 0 heterocycles. The molecule has 7 heteroatoms. The van der Waals surface area contributed by atoms with E-state index in [-0.39, 0.29) is 19.1 Å². The van der Waals surface area contributed by atoms with Crippen molar-refractivity contribution in [3.05, 3.63) is 37.5 Å². The Kier molecular flexibility index (Phi) is 17.6. The molecule has 21 heavy (non-hydrogen) atoms. The third-order valence-corrected chi connectivity index (χ3v) is 1.46. The number of esters is 1. The van der Waals surface area contributed by atoms with Crippen LogP contribution in [0.1, 0.15) is 6.92 Å². The van der Waals surface area contributed by atoms with E-state index < -0.39 is 11.9 Å². The summed E-state index contributed by atoms with van der Waals surface area (Å²) in [6.07, 6.45) is 2.11. The van der Waals surface area contributed by atoms with Crippen LogP contribution in [0.4, 0.5) is 0 Å². The number of carboxylic acid groups (broad SMARTS) is 1. The second-order valence-electron chi connectivity index (χ2n) is 3.62. The van der Waals surface area contributed by atoms with Crippen molar-refractivity contribution in [1.29, 1.82) is 0 Å². The van der Waals surface area contributed by atoms with Crippen molar-refractivity contribution < 1.29 is 29.3 Å². The van der Waals surface area contributed by atoms with Crippen LogP contribution in [0.2, 0.25) is 0 Å². The minimum absolute atomic E-state index is 0.0473. The molecule has 7 nitrogen and oxygen atoms in total. The number of carbonyl (C=O) groups is 3. The first-order chi connectivity index (χ1) is 9.63. The van der Waals surface area contributed by atoms with Crippen molar-refractivity contribution in [2.45, 2.75) is 6.92 Å². The minimum atomic E-state index is -0.981. The number of likely N-dealkylation sites (N-methyl/N-ethyl adjacent to an activating group) is 1. The normalized spacial score (nSPS) is 7.81. The van der Waals surface area contributed by atoms with E-state index in [9.17, 15) is 14.4 Å². The number of aliphatic carboxylic acids is 1. The molecule has 0 bridgehead atoms. The molecule has 0 radical (unpaired) electrons. The number of carboxylic acids is 1. The SMILES string of the molecule is C=C(C)C(=O)OCCO.C=CC(=O)N(C)C.C=CC(=O)O. The molecule has 0 rings (SSSR count). The number of hydrogen-bond donors (Lipinski definition) is 2. The van der Waals surface area contributed by atoms with Crippen molar-refractivity contribution in [3.63, 3.8) is 0 Å². The predicted molar refractivity (Wildman–Crippen MR) is 79.6 cm³/mol. The van der Waals surface area contributed by atoms with Crippen LogP contribution in [0.15, 0.2) is 37.5 Å². The fourth-order valence-electron chi connectivity index (χ4n) is 0.444. The molecule has 0 aromatic rings. The predicted octanol–water partition coefficient (Wildman–Crippen LogP) is 0.616. The standard InChI is InChI=1S/C6H10O3.C5H9NO.C3H4O2/c1-5(2)6(8)9-4-3-7;1-4-5(7)6(2)3;1-2-3(4)5/h7H,1,3-4H2,2H3;4H,1H2,2-3H3;2H,1H2,(H,4,5). The molecule has 0 spiro atoms. The molecule has 1 amide bonds. The van der Waals surface area contributed by atoms with Crippen molar-refractivity contribution in [2.75, 3.05) is 27.3 Å². The number of nitrogens with zero attached hydrogens (tertiary/aromatic N) is 1. The molecule has 0 aromatic carbocycles. The first-order valence-corrected chi connectivity index (χ1v) is 5.76. The molecule has 2 N–H and O–H groups in total. The lowest BCUT2D eigenvalue weighted by atomic mass is 10.4. The Labute approximate surface area is 124 Å². The monoisotopic (exact) mass is 301 g/mol. The van der Waals surface area contributed by atoms with E-state index in [0.717, 1.165) is 6.08 Å². The van der Waals surface area contributed by atoms with Crippen LogP contribution in [0, 0.1) is 0 Å². The first kappa shape index (κ1) is 23.7. The zero-order valence-corrected chi connectivity index (χ0v) is 12.7. The average Bonchev–Trinajstić information content (AvgIpc) is 2.44. The zero-order chi connectivity index (χ0) is 17.4. The summed E-state index contributed by atoms with van der Waals surface area (Å²) in [6.45, 7) is 11.1. The van der Waals surface area contributed by atoms with Crippen LogP contribution in [-0.2, 0) is 19.1 Å². The van der Waals surface area contributed by atoms with Gasteiger partial charge in [0.15, 0.2) is 0 Å². The van der Waals surface area contributed by atoms with Crippen molar-refractivity contribution >= 4 is 17.8 Å². The Bertz CT molecular complexity index is 374. The van der Waals surface area contributed by atoms with Crippen LogP contribution in [0.25, 0.3) is 0 Å². The van der Waals surface area contributed by atoms with Crippen molar-refractivity contribution in [3.8, 4) is 0 Å². The molecule has 0 unspecified atom stereocenters. The molecule has 0 aliphatic carbocycles. The smallest absolute Gasteiger partial charge is 0.333 e. The number of amides is 1. The van der Waals surface area contributed by atoms with Gasteiger partial charge in [-0.1, -0.05) is 19.7 Å². The van der Waals surface area contributed by atoms with E-state index in [2.05, 4.69) is 24.5 Å². The molecule has 0 saturated heterocycles. The first-order valence-electron chi connectivity index (χ1n) is 5.76. The summed E-state index contributed by atoms with van der Waals surface area (Å²) in [5.41, 5.74) is 0.350. The third-order valence-electron chi connectivity index (χ3n) is 1.46. The van der Waals surface area contributed by atoms with Gasteiger partial charge >= 0.3 is 11.9 Å². The van der Waals surface area contributed by atoms with Crippen LogP contribution < -0.4 is 0 Å². The Morgan fingerprint density at radius 1 is 1.19 bits per heavy atom. The van der Waals surface area contributed by atoms with E-state index in [0.29, 0.717) is 5.57 Å². The highest BCUT2D eigenvalue weighted by atomic mass is 16.5. The Morgan fingerprint density at radius 2 is 1.62 bits per heavy atom. The van der Waals surface area contributed by atoms with Crippen molar-refractivity contribution in [2.24, 2.45) is 0 Å². The van der Waals surface area contributed by atoms with Crippen LogP contribution in [0.3, 0.4) is 0 Å². The average molecular weight is 301 g/mol. The minimum Gasteiger partial charge on any atom is -0.478 e. The Balaban J connectivity index is -0.000000242. The molecule has 0 fully saturated rings. The van der Waals surface area contributed by atoms with Gasteiger partial charge in [0.05, 0.1) is 6.61 Å². The quantitative estimate of drug-likeness (QED) is 0.569. The van der Waals surface area contributed by atoms with E-state index in [1.807, 2.05) is 0 Å². The second kappa shape index (κ2) is 15.6. The van der Waals surface area contributed by atoms with Crippen LogP contribution >= 0.6 is 0 Å². The highest BCUT2D eigenvalue weighted by Gasteiger charge is 1.99. The van der Waals surface area contributed by atoms with Gasteiger partial charge < -0.3 is 19.8 Å². The highest BCUT2D eigenvalue weighted by Crippen LogP contribution is 1.89. The summed E-state index contributed by atoms with van der Waals surface area (Å²) >= 11 is 0. The maximum absolute atomic E-state index is 10.5. The summed E-state index contributed by atoms with van der Waals surface area (Å²) < 4.78 is 4.46. The topological polar surface area (TPSA) is 104 Å². The molecule has 0 aliphatic rings. The Morgan fingerprint density at radius 3 is 1.76 bits per heavy atom. The molecule has 0 saturated carbocycles. The molecule has 0 atom stereocenters. The molecule has 0 aliphatic heterocycles. The van der Waals surface area contributed by atoms with E-state index in [1.54, 1.807) is 21.0 Å². The summed E-state index contributed by atoms with van der Waals surface area (Å²) in [4.78, 5) is 31.5. The van der Waals surface area contributed by atoms with Gasteiger partial charge in [0.1, 0.15) is 6.61 Å². The maximum Gasteiger partial charge on any atom is 0.333 e. The fourth-order valence-corrected chi connectivity index (χ4v) is 0.444. The third kappa shape index (κ3) is 23.1. The summed E-state index contributed by atoms with van der Waals surface area (Å²) in [5, 5.41) is 15.8. The van der Waals surface area contributed by atoms with Crippen molar-refractivity contribution in [1.82, 2.24) is 4.90 Å². The van der Waals surface area contributed by atoms with Gasteiger partial charge in [0, 0.05) is 25.7 Å². The van der Waals surface area contributed by atoms with Gasteiger partial charge in [0.2, 0.25) is 5.91 Å². The van der Waals surface area contributed by atoms with E-state index in [4.69, 9.17) is 10.2 Å². The van der Waals surface area contributed by atoms with Crippen LogP contribution in [-0.4, -0.2) is 60.3 Å². The van der Waals surface area contributed by atoms with E-state index in [1.165, 1.54) is 11.0 Å². The molecular formula is C14H23NO6. The number of aliphatic hydroxyl groups is 1. The number of rotatable bonds is 5. The number of carbonyl (C=O) groups excluding carboxylic acids is 2. The second-order valence-corrected chi connectivity index (χ2v) is 3.62. The van der Waals surface area contributed by atoms with Gasteiger partial charge in [-0.05, 0) is 13.0 Å². The van der Waals surface area contributed by atoms with Gasteiger partial charge in [-0.2, -0.15) is 0 Å². The number of aliphatic hydroxyl groups excluding tert-OH is 1. The lowest BCUT2D eigenvalue weighted by Gasteiger charge is -2.03. The lowest BCUT2D eigenvalue weighted by molar-refractivity contribution is -0.140. The summed E-state index contributed by atoms with van der Waals surface area (Å²) in [6, 6.07) is 0. The molecule has 0 aromatic heterocycles. The largest absolute Gasteiger partial charge is 0.478 e. The summed E-state index contributed by atoms with van der Waals surface area (Å²) in [7, 11) is 3.37. The molecule has 120 valence electrons. The highest BCUT2D eigenvalue weighted by molar-refractivity contribution is 5.87. The fraction of sp³-hybridized carbons (Fsp3) is 0.357. The van der Waals surface area contributed by atoms with E-state index >= 15 is 0 Å². The maximum atomic E-state index is 10.5. The van der Waals surface area contributed by atoms with Gasteiger partial charge in [-0.15, -0.1) is 0 Å². The number of hydrogen-bond acceptors (Lipinski definition) is 5. The molecular weight excluding hydrogens is 278 g/mol. The number of ether oxygens (including phenoxy) is 1.